The summed E-state index contributed by atoms with van der Waals surface area (Å²) in [6.45, 7) is 4.72. The minimum atomic E-state index is -0.372. The second-order valence-electron chi connectivity index (χ2n) is 7.41. The van der Waals surface area contributed by atoms with Crippen LogP contribution in [-0.4, -0.2) is 29.4 Å². The third-order valence-corrected chi connectivity index (χ3v) is 5.21. The average molecular weight is 406 g/mol. The number of unbranched alkanes of at least 4 members (excludes halogenated alkanes) is 4. The molecule has 0 aliphatic heterocycles. The van der Waals surface area contributed by atoms with Crippen molar-refractivity contribution in [1.29, 1.82) is 0 Å². The highest BCUT2D eigenvalue weighted by molar-refractivity contribution is 5.84. The molecule has 5 nitrogen and oxygen atoms in total. The summed E-state index contributed by atoms with van der Waals surface area (Å²) in [6.07, 6.45) is 5.22. The van der Waals surface area contributed by atoms with Crippen LogP contribution in [-0.2, 0) is 4.74 Å². The number of aromatic nitrogens is 2. The Kier molecular flexibility index (Phi) is 7.66. The van der Waals surface area contributed by atoms with E-state index in [1.807, 2.05) is 60.1 Å². The van der Waals surface area contributed by atoms with Gasteiger partial charge in [-0.3, -0.25) is 0 Å². The number of rotatable bonds is 9. The van der Waals surface area contributed by atoms with Crippen LogP contribution in [0, 0.1) is 6.92 Å². The van der Waals surface area contributed by atoms with Gasteiger partial charge in [-0.15, -0.1) is 0 Å². The van der Waals surface area contributed by atoms with Gasteiger partial charge in [-0.05, 0) is 13.3 Å². The van der Waals surface area contributed by atoms with Gasteiger partial charge in [0.25, 0.3) is 0 Å². The van der Waals surface area contributed by atoms with Crippen molar-refractivity contribution in [1.82, 2.24) is 9.66 Å². The minimum absolute atomic E-state index is 0.372. The first kappa shape index (κ1) is 21.6. The van der Waals surface area contributed by atoms with E-state index in [9.17, 15) is 4.79 Å². The highest BCUT2D eigenvalue weighted by atomic mass is 16.5. The predicted octanol–water partition coefficient (Wildman–Crippen LogP) is 6.20. The molecule has 30 heavy (non-hydrogen) atoms. The number of imidazole rings is 1. The summed E-state index contributed by atoms with van der Waals surface area (Å²) in [4.78, 5) is 17.6. The van der Waals surface area contributed by atoms with Crippen molar-refractivity contribution in [2.24, 2.45) is 0 Å². The van der Waals surface area contributed by atoms with Crippen LogP contribution in [0.15, 0.2) is 60.7 Å². The highest BCUT2D eigenvalue weighted by Crippen LogP contribution is 2.33. The third kappa shape index (κ3) is 4.90. The second-order valence-corrected chi connectivity index (χ2v) is 7.41. The van der Waals surface area contributed by atoms with E-state index in [2.05, 4.69) is 19.1 Å². The minimum Gasteiger partial charge on any atom is -0.452 e. The van der Waals surface area contributed by atoms with E-state index >= 15 is 0 Å². The molecule has 0 fully saturated rings. The van der Waals surface area contributed by atoms with E-state index in [1.165, 1.54) is 26.4 Å². The lowest BCUT2D eigenvalue weighted by Gasteiger charge is -2.26. The number of nitrogens with zero attached hydrogens (tertiary/aromatic N) is 3. The van der Waals surface area contributed by atoms with Crippen LogP contribution in [0.25, 0.3) is 22.5 Å². The Balaban J connectivity index is 2.07. The molecule has 158 valence electrons. The van der Waals surface area contributed by atoms with Crippen LogP contribution in [0.2, 0.25) is 0 Å². The molecule has 1 amide bonds. The fraction of sp³-hybridized carbons (Fsp3) is 0.360. The van der Waals surface area contributed by atoms with E-state index in [0.29, 0.717) is 6.54 Å². The molecular weight excluding hydrogens is 374 g/mol. The number of carbonyl (C=O) groups excluding carboxylic acids is 1. The summed E-state index contributed by atoms with van der Waals surface area (Å²) in [5.74, 6) is 0.756. The zero-order chi connectivity index (χ0) is 21.3. The standard InChI is InChI=1S/C25H31N3O2/c1-4-5-6-7-14-19-27(25(29)30-3)28-20(2)26-23(21-15-10-8-11-16-21)24(28)22-17-12-9-13-18-22/h8-13,15-18H,4-7,14,19H2,1-3H3. The summed E-state index contributed by atoms with van der Waals surface area (Å²) in [7, 11) is 1.43. The van der Waals surface area contributed by atoms with Gasteiger partial charge in [0.05, 0.1) is 18.5 Å². The molecule has 2 aromatic carbocycles. The van der Waals surface area contributed by atoms with Crippen molar-refractivity contribution in [3.8, 4) is 22.5 Å². The van der Waals surface area contributed by atoms with Crippen LogP contribution in [0.5, 0.6) is 0 Å². The molecule has 1 aromatic heterocycles. The Morgan fingerprint density at radius 2 is 1.53 bits per heavy atom. The lowest BCUT2D eigenvalue weighted by atomic mass is 10.1. The molecule has 0 saturated heterocycles. The Labute approximate surface area is 179 Å². The Bertz CT molecular complexity index is 936. The molecule has 0 N–H and O–H groups in total. The fourth-order valence-electron chi connectivity index (χ4n) is 3.72. The molecule has 0 radical (unpaired) electrons. The van der Waals surface area contributed by atoms with E-state index < -0.39 is 0 Å². The Morgan fingerprint density at radius 1 is 0.933 bits per heavy atom. The molecule has 3 aromatic rings. The van der Waals surface area contributed by atoms with Gasteiger partial charge in [-0.1, -0.05) is 93.3 Å². The number of methoxy groups -OCH3 is 1. The number of hydrogen-bond acceptors (Lipinski definition) is 3. The maximum atomic E-state index is 12.8. The monoisotopic (exact) mass is 405 g/mol. The van der Waals surface area contributed by atoms with E-state index in [1.54, 1.807) is 5.01 Å². The third-order valence-electron chi connectivity index (χ3n) is 5.21. The van der Waals surface area contributed by atoms with Crippen molar-refractivity contribution >= 4 is 6.09 Å². The van der Waals surface area contributed by atoms with Crippen LogP contribution < -0.4 is 5.01 Å². The molecule has 3 rings (SSSR count). The van der Waals surface area contributed by atoms with E-state index in [-0.39, 0.29) is 6.09 Å². The van der Waals surface area contributed by atoms with E-state index in [4.69, 9.17) is 9.72 Å². The number of aryl methyl sites for hydroxylation is 1. The zero-order valence-electron chi connectivity index (χ0n) is 18.2. The van der Waals surface area contributed by atoms with Crippen LogP contribution in [0.4, 0.5) is 4.79 Å². The summed E-state index contributed by atoms with van der Waals surface area (Å²) < 4.78 is 7.06. The molecule has 0 aliphatic rings. The van der Waals surface area contributed by atoms with Gasteiger partial charge in [0, 0.05) is 17.7 Å². The van der Waals surface area contributed by atoms with Gasteiger partial charge in [0.2, 0.25) is 0 Å². The maximum absolute atomic E-state index is 12.8. The summed E-state index contributed by atoms with van der Waals surface area (Å²) in [5, 5.41) is 1.68. The van der Waals surface area contributed by atoms with Gasteiger partial charge in [0.15, 0.2) is 0 Å². The molecule has 0 bridgehead atoms. The van der Waals surface area contributed by atoms with Crippen molar-refractivity contribution in [3.05, 3.63) is 66.5 Å². The van der Waals surface area contributed by atoms with Crippen molar-refractivity contribution < 1.29 is 9.53 Å². The van der Waals surface area contributed by atoms with E-state index in [0.717, 1.165) is 41.2 Å². The van der Waals surface area contributed by atoms with Crippen LogP contribution in [0.3, 0.4) is 0 Å². The van der Waals surface area contributed by atoms with Gasteiger partial charge in [-0.2, -0.15) is 0 Å². The smallest absolute Gasteiger partial charge is 0.428 e. The van der Waals surface area contributed by atoms with Crippen molar-refractivity contribution in [2.75, 3.05) is 18.7 Å². The molecule has 0 saturated carbocycles. The first-order valence-electron chi connectivity index (χ1n) is 10.7. The SMILES string of the molecule is CCCCCCCN(C(=O)OC)n1c(C)nc(-c2ccccc2)c1-c1ccccc1. The first-order valence-corrected chi connectivity index (χ1v) is 10.7. The fourth-order valence-corrected chi connectivity index (χ4v) is 3.72. The molecule has 5 heteroatoms. The molecule has 0 atom stereocenters. The van der Waals surface area contributed by atoms with Crippen LogP contribution in [0.1, 0.15) is 44.9 Å². The summed E-state index contributed by atoms with van der Waals surface area (Å²) in [6, 6.07) is 20.2. The normalized spacial score (nSPS) is 10.8. The lowest BCUT2D eigenvalue weighted by molar-refractivity contribution is 0.171. The van der Waals surface area contributed by atoms with Gasteiger partial charge in [-0.25, -0.2) is 19.5 Å². The molecule has 0 aliphatic carbocycles. The van der Waals surface area contributed by atoms with Crippen molar-refractivity contribution in [2.45, 2.75) is 46.0 Å². The topological polar surface area (TPSA) is 47.4 Å². The van der Waals surface area contributed by atoms with Gasteiger partial charge >= 0.3 is 6.09 Å². The summed E-state index contributed by atoms with van der Waals surface area (Å²) >= 11 is 0. The highest BCUT2D eigenvalue weighted by Gasteiger charge is 2.25. The molecule has 1 heterocycles. The number of carbonyl (C=O) groups is 1. The quantitative estimate of drug-likeness (QED) is 0.398. The predicted molar refractivity (Wildman–Crippen MR) is 122 cm³/mol. The molecular formula is C25H31N3O2. The lowest BCUT2D eigenvalue weighted by Crippen LogP contribution is -2.42. The zero-order valence-corrected chi connectivity index (χ0v) is 18.2. The Hall–Kier alpha value is -3.08. The largest absolute Gasteiger partial charge is 0.452 e. The second kappa shape index (κ2) is 10.6. The Morgan fingerprint density at radius 3 is 2.13 bits per heavy atom. The maximum Gasteiger partial charge on any atom is 0.428 e. The van der Waals surface area contributed by atoms with Crippen LogP contribution >= 0.6 is 0 Å². The van der Waals surface area contributed by atoms with Crippen molar-refractivity contribution in [3.63, 3.8) is 0 Å². The number of amides is 1. The molecule has 0 unspecified atom stereocenters. The number of hydrogen-bond donors (Lipinski definition) is 0. The first-order chi connectivity index (χ1) is 14.7. The average Bonchev–Trinajstić information content (AvgIpc) is 3.14. The van der Waals surface area contributed by atoms with Gasteiger partial charge < -0.3 is 4.74 Å². The molecule has 0 spiro atoms. The summed E-state index contributed by atoms with van der Waals surface area (Å²) in [5.41, 5.74) is 3.79. The number of ether oxygens (including phenoxy) is 1. The van der Waals surface area contributed by atoms with Gasteiger partial charge in [0.1, 0.15) is 5.82 Å². The number of benzene rings is 2.